The van der Waals surface area contributed by atoms with E-state index in [0.29, 0.717) is 23.5 Å². The zero-order valence-electron chi connectivity index (χ0n) is 10.6. The molecule has 0 fully saturated rings. The van der Waals surface area contributed by atoms with Crippen molar-refractivity contribution in [2.24, 2.45) is 0 Å². The van der Waals surface area contributed by atoms with Crippen molar-refractivity contribution in [1.29, 1.82) is 0 Å². The third-order valence-electron chi connectivity index (χ3n) is 2.63. The molecule has 5 heteroatoms. The zero-order chi connectivity index (χ0) is 13.7. The average Bonchev–Trinajstić information content (AvgIpc) is 2.45. The van der Waals surface area contributed by atoms with Crippen molar-refractivity contribution in [3.05, 3.63) is 53.9 Å². The number of benzene rings is 1. The number of amides is 1. The van der Waals surface area contributed by atoms with Crippen LogP contribution in [0.4, 0.5) is 5.69 Å². The highest BCUT2D eigenvalue weighted by Crippen LogP contribution is 2.18. The number of nitrogens with zero attached hydrogens (tertiary/aromatic N) is 1. The molecule has 0 saturated carbocycles. The Labute approximate surface area is 111 Å². The maximum absolute atomic E-state index is 12.0. The van der Waals surface area contributed by atoms with Crippen LogP contribution in [-0.4, -0.2) is 18.0 Å². The van der Waals surface area contributed by atoms with Crippen molar-refractivity contribution < 1.29 is 9.53 Å². The lowest BCUT2D eigenvalue weighted by atomic mass is 10.1. The van der Waals surface area contributed by atoms with Crippen LogP contribution in [0.2, 0.25) is 0 Å². The van der Waals surface area contributed by atoms with Gasteiger partial charge in [0.25, 0.3) is 5.91 Å². The number of nitrogen functional groups attached to an aromatic ring is 1. The van der Waals surface area contributed by atoms with Gasteiger partial charge in [0, 0.05) is 36.3 Å². The molecule has 0 radical (unpaired) electrons. The van der Waals surface area contributed by atoms with Crippen LogP contribution in [-0.2, 0) is 6.54 Å². The first kappa shape index (κ1) is 12.9. The van der Waals surface area contributed by atoms with E-state index in [1.807, 2.05) is 12.1 Å². The average molecular weight is 257 g/mol. The summed E-state index contributed by atoms with van der Waals surface area (Å²) in [7, 11) is 1.54. The molecule has 1 aromatic heterocycles. The van der Waals surface area contributed by atoms with Gasteiger partial charge in [0.15, 0.2) is 0 Å². The van der Waals surface area contributed by atoms with Crippen LogP contribution < -0.4 is 15.8 Å². The second-order valence-electron chi connectivity index (χ2n) is 4.03. The number of carbonyl (C=O) groups excluding carboxylic acids is 1. The van der Waals surface area contributed by atoms with E-state index >= 15 is 0 Å². The van der Waals surface area contributed by atoms with Gasteiger partial charge in [-0.15, -0.1) is 0 Å². The molecule has 1 amide bonds. The minimum atomic E-state index is -0.192. The van der Waals surface area contributed by atoms with Crippen molar-refractivity contribution in [3.8, 4) is 5.75 Å². The minimum absolute atomic E-state index is 0.192. The summed E-state index contributed by atoms with van der Waals surface area (Å²) >= 11 is 0. The summed E-state index contributed by atoms with van der Waals surface area (Å²) in [5, 5.41) is 2.82. The Morgan fingerprint density at radius 2 is 2.05 bits per heavy atom. The van der Waals surface area contributed by atoms with E-state index in [1.54, 1.807) is 30.6 Å². The molecule has 2 rings (SSSR count). The van der Waals surface area contributed by atoms with Crippen molar-refractivity contribution in [3.63, 3.8) is 0 Å². The van der Waals surface area contributed by atoms with Crippen LogP contribution in [0, 0.1) is 0 Å². The van der Waals surface area contributed by atoms with E-state index in [1.165, 1.54) is 7.11 Å². The van der Waals surface area contributed by atoms with E-state index in [0.717, 1.165) is 5.56 Å². The molecule has 98 valence electrons. The molecule has 1 heterocycles. The highest BCUT2D eigenvalue weighted by Gasteiger charge is 2.08. The summed E-state index contributed by atoms with van der Waals surface area (Å²) in [5.74, 6) is 0.372. The van der Waals surface area contributed by atoms with E-state index < -0.39 is 0 Å². The molecular formula is C14H15N3O2. The maximum Gasteiger partial charge on any atom is 0.251 e. The Hall–Kier alpha value is -2.56. The molecule has 2 aromatic rings. The second kappa shape index (κ2) is 5.86. The SMILES string of the molecule is COc1cc(N)cc(C(=O)NCc2ccncc2)c1. The molecule has 0 aliphatic rings. The fraction of sp³-hybridized carbons (Fsp3) is 0.143. The predicted molar refractivity (Wildman–Crippen MR) is 72.8 cm³/mol. The molecule has 0 unspecified atom stereocenters. The van der Waals surface area contributed by atoms with Gasteiger partial charge in [-0.2, -0.15) is 0 Å². The molecule has 1 aromatic carbocycles. The van der Waals surface area contributed by atoms with Gasteiger partial charge < -0.3 is 15.8 Å². The number of anilines is 1. The van der Waals surface area contributed by atoms with Gasteiger partial charge in [-0.1, -0.05) is 0 Å². The molecule has 0 spiro atoms. The lowest BCUT2D eigenvalue weighted by Gasteiger charge is -2.08. The van der Waals surface area contributed by atoms with E-state index in [2.05, 4.69) is 10.3 Å². The van der Waals surface area contributed by atoms with E-state index in [4.69, 9.17) is 10.5 Å². The number of nitrogens with two attached hydrogens (primary N) is 1. The van der Waals surface area contributed by atoms with Crippen molar-refractivity contribution >= 4 is 11.6 Å². The van der Waals surface area contributed by atoms with Crippen molar-refractivity contribution in [1.82, 2.24) is 10.3 Å². The Morgan fingerprint density at radius 3 is 2.74 bits per heavy atom. The molecule has 3 N–H and O–H groups in total. The van der Waals surface area contributed by atoms with Crippen molar-refractivity contribution in [2.45, 2.75) is 6.54 Å². The van der Waals surface area contributed by atoms with Gasteiger partial charge in [-0.3, -0.25) is 9.78 Å². The summed E-state index contributed by atoms with van der Waals surface area (Å²) in [6.07, 6.45) is 3.37. The predicted octanol–water partition coefficient (Wildman–Crippen LogP) is 1.60. The number of pyridine rings is 1. The smallest absolute Gasteiger partial charge is 0.251 e. The fourth-order valence-electron chi connectivity index (χ4n) is 1.66. The number of ether oxygens (including phenoxy) is 1. The third kappa shape index (κ3) is 3.45. The van der Waals surface area contributed by atoms with Crippen LogP contribution in [0.1, 0.15) is 15.9 Å². The monoisotopic (exact) mass is 257 g/mol. The topological polar surface area (TPSA) is 77.2 Å². The molecule has 0 bridgehead atoms. The van der Waals surface area contributed by atoms with Gasteiger partial charge >= 0.3 is 0 Å². The van der Waals surface area contributed by atoms with Crippen molar-refractivity contribution in [2.75, 3.05) is 12.8 Å². The number of aromatic nitrogens is 1. The molecule has 0 atom stereocenters. The number of methoxy groups -OCH3 is 1. The number of hydrogen-bond donors (Lipinski definition) is 2. The second-order valence-corrected chi connectivity index (χ2v) is 4.03. The largest absolute Gasteiger partial charge is 0.497 e. The molecule has 5 nitrogen and oxygen atoms in total. The summed E-state index contributed by atoms with van der Waals surface area (Å²) in [5.41, 5.74) is 7.67. The van der Waals surface area contributed by atoms with Crippen LogP contribution in [0.5, 0.6) is 5.75 Å². The van der Waals surface area contributed by atoms with Crippen LogP contribution in [0.3, 0.4) is 0 Å². The number of nitrogens with one attached hydrogen (secondary N) is 1. The Bertz CT molecular complexity index is 570. The fourth-order valence-corrected chi connectivity index (χ4v) is 1.66. The normalized spacial score (nSPS) is 9.95. The van der Waals surface area contributed by atoms with Gasteiger partial charge in [0.2, 0.25) is 0 Å². The first-order valence-corrected chi connectivity index (χ1v) is 5.80. The van der Waals surface area contributed by atoms with Gasteiger partial charge in [0.05, 0.1) is 7.11 Å². The summed E-state index contributed by atoms with van der Waals surface area (Å²) in [6.45, 7) is 0.443. The van der Waals surface area contributed by atoms with Gasteiger partial charge in [0.1, 0.15) is 5.75 Å². The zero-order valence-corrected chi connectivity index (χ0v) is 10.6. The van der Waals surface area contributed by atoms with E-state index in [9.17, 15) is 4.79 Å². The quantitative estimate of drug-likeness (QED) is 0.816. The summed E-state index contributed by atoms with van der Waals surface area (Å²) in [6, 6.07) is 8.63. The Morgan fingerprint density at radius 1 is 1.32 bits per heavy atom. The van der Waals surface area contributed by atoms with Crippen LogP contribution in [0.15, 0.2) is 42.7 Å². The third-order valence-corrected chi connectivity index (χ3v) is 2.63. The molecule has 0 saturated heterocycles. The standard InChI is InChI=1S/C14H15N3O2/c1-19-13-7-11(6-12(15)8-13)14(18)17-9-10-2-4-16-5-3-10/h2-8H,9,15H2,1H3,(H,17,18). The highest BCUT2D eigenvalue weighted by atomic mass is 16.5. The number of carbonyl (C=O) groups is 1. The van der Waals surface area contributed by atoms with Crippen LogP contribution >= 0.6 is 0 Å². The first-order chi connectivity index (χ1) is 9.19. The maximum atomic E-state index is 12.0. The Kier molecular flexibility index (Phi) is 3.97. The molecule has 19 heavy (non-hydrogen) atoms. The highest BCUT2D eigenvalue weighted by molar-refractivity contribution is 5.95. The minimum Gasteiger partial charge on any atom is -0.497 e. The number of rotatable bonds is 4. The lowest BCUT2D eigenvalue weighted by Crippen LogP contribution is -2.22. The van der Waals surface area contributed by atoms with Gasteiger partial charge in [-0.05, 0) is 29.8 Å². The number of hydrogen-bond acceptors (Lipinski definition) is 4. The molecule has 0 aliphatic carbocycles. The molecule has 0 aliphatic heterocycles. The summed E-state index contributed by atoms with van der Waals surface area (Å²) < 4.78 is 5.08. The molecular weight excluding hydrogens is 242 g/mol. The van der Waals surface area contributed by atoms with Gasteiger partial charge in [-0.25, -0.2) is 0 Å². The first-order valence-electron chi connectivity index (χ1n) is 5.80. The Balaban J connectivity index is 2.06. The van der Waals surface area contributed by atoms with Crippen LogP contribution in [0.25, 0.3) is 0 Å². The lowest BCUT2D eigenvalue weighted by molar-refractivity contribution is 0.0950. The van der Waals surface area contributed by atoms with E-state index in [-0.39, 0.29) is 5.91 Å². The summed E-state index contributed by atoms with van der Waals surface area (Å²) in [4.78, 5) is 15.9.